The Bertz CT molecular complexity index is 148. The van der Waals surface area contributed by atoms with Crippen LogP contribution in [0.3, 0.4) is 0 Å². The van der Waals surface area contributed by atoms with Gasteiger partial charge in [0.25, 0.3) is 0 Å². The number of rotatable bonds is 8. The van der Waals surface area contributed by atoms with Crippen LogP contribution in [0, 0.1) is 0 Å². The van der Waals surface area contributed by atoms with Crippen molar-refractivity contribution in [2.24, 2.45) is 0 Å². The number of hydrogen-bond acceptors (Lipinski definition) is 5. The van der Waals surface area contributed by atoms with Crippen LogP contribution in [0.5, 0.6) is 0 Å². The van der Waals surface area contributed by atoms with E-state index in [1.54, 1.807) is 13.8 Å². The molecule has 0 amide bonds. The fourth-order valence-electron chi connectivity index (χ4n) is 0.538. The molecular weight excluding hydrogens is 208 g/mol. The molecule has 0 saturated heterocycles. The van der Waals surface area contributed by atoms with Gasteiger partial charge >= 0.3 is 11.4 Å². The Labute approximate surface area is 86.9 Å². The van der Waals surface area contributed by atoms with E-state index in [-0.39, 0.29) is 13.2 Å². The second-order valence-corrected chi connectivity index (χ2v) is 3.78. The van der Waals surface area contributed by atoms with Crippen LogP contribution < -0.4 is 0 Å². The molecule has 0 aromatic carbocycles. The number of aliphatic hydroxyl groups excluding tert-OH is 2. The van der Waals surface area contributed by atoms with Gasteiger partial charge in [-0.25, -0.2) is 0 Å². The van der Waals surface area contributed by atoms with Gasteiger partial charge in [-0.15, -0.1) is 0 Å². The quantitative estimate of drug-likeness (QED) is 0.615. The van der Waals surface area contributed by atoms with E-state index in [9.17, 15) is 4.21 Å². The van der Waals surface area contributed by atoms with Crippen LogP contribution >= 0.6 is 0 Å². The third-order valence-corrected chi connectivity index (χ3v) is 2.31. The molecule has 0 aliphatic carbocycles. The summed E-state index contributed by atoms with van der Waals surface area (Å²) < 4.78 is 20.3. The largest absolute Gasteiger partial charge is 0.391 e. The van der Waals surface area contributed by atoms with Crippen LogP contribution in [0.25, 0.3) is 0 Å². The second kappa shape index (κ2) is 8.31. The molecule has 0 fully saturated rings. The summed E-state index contributed by atoms with van der Waals surface area (Å²) >= 11 is -1.88. The maximum atomic E-state index is 10.9. The van der Waals surface area contributed by atoms with Gasteiger partial charge < -0.3 is 10.2 Å². The molecule has 0 spiro atoms. The summed E-state index contributed by atoms with van der Waals surface area (Å²) in [6, 6.07) is 0. The molecule has 2 N–H and O–H groups in total. The molecular formula is C8H18O5S. The zero-order valence-corrected chi connectivity index (χ0v) is 9.33. The maximum Gasteiger partial charge on any atom is 0.304 e. The van der Waals surface area contributed by atoms with E-state index in [4.69, 9.17) is 10.2 Å². The van der Waals surface area contributed by atoms with Crippen molar-refractivity contribution in [3.63, 3.8) is 0 Å². The first-order valence-electron chi connectivity index (χ1n) is 4.64. The average molecular weight is 226 g/mol. The van der Waals surface area contributed by atoms with E-state index < -0.39 is 23.6 Å². The van der Waals surface area contributed by atoms with E-state index in [1.807, 2.05) is 0 Å². The van der Waals surface area contributed by atoms with E-state index in [2.05, 4.69) is 8.37 Å². The summed E-state index contributed by atoms with van der Waals surface area (Å²) in [6.07, 6.45) is -0.180. The summed E-state index contributed by atoms with van der Waals surface area (Å²) in [5.74, 6) is 0. The van der Waals surface area contributed by atoms with Crippen molar-refractivity contribution in [1.29, 1.82) is 0 Å². The highest BCUT2D eigenvalue weighted by molar-refractivity contribution is 7.75. The molecule has 0 aliphatic heterocycles. The average Bonchev–Trinajstić information content (AvgIpc) is 2.22. The zero-order chi connectivity index (χ0) is 11.0. The van der Waals surface area contributed by atoms with Crippen LogP contribution in [-0.2, 0) is 19.7 Å². The van der Waals surface area contributed by atoms with Crippen molar-refractivity contribution < 1.29 is 22.8 Å². The van der Waals surface area contributed by atoms with Crippen LogP contribution in [0.2, 0.25) is 0 Å². The molecule has 0 heterocycles. The maximum absolute atomic E-state index is 10.9. The molecule has 6 heteroatoms. The predicted molar refractivity (Wildman–Crippen MR) is 52.6 cm³/mol. The highest BCUT2D eigenvalue weighted by Gasteiger charge is 2.08. The Morgan fingerprint density at radius 3 is 1.71 bits per heavy atom. The van der Waals surface area contributed by atoms with Crippen molar-refractivity contribution in [2.45, 2.75) is 38.9 Å². The van der Waals surface area contributed by atoms with Gasteiger partial charge in [0, 0.05) is 0 Å². The molecule has 0 aromatic rings. The summed E-state index contributed by atoms with van der Waals surface area (Å²) in [7, 11) is 0. The molecule has 5 nitrogen and oxygen atoms in total. The number of hydrogen-bond donors (Lipinski definition) is 2. The summed E-state index contributed by atoms with van der Waals surface area (Å²) in [5, 5.41) is 18.1. The normalized spacial score (nSPS) is 17.7. The Morgan fingerprint density at radius 2 is 1.43 bits per heavy atom. The van der Waals surface area contributed by atoms with Crippen molar-refractivity contribution in [1.82, 2.24) is 0 Å². The van der Waals surface area contributed by atoms with Crippen molar-refractivity contribution >= 4 is 11.4 Å². The van der Waals surface area contributed by atoms with Gasteiger partial charge in [-0.05, 0) is 12.8 Å². The third kappa shape index (κ3) is 7.40. The third-order valence-electron chi connectivity index (χ3n) is 1.66. The van der Waals surface area contributed by atoms with Gasteiger partial charge in [-0.3, -0.25) is 8.37 Å². The van der Waals surface area contributed by atoms with Crippen LogP contribution in [0.1, 0.15) is 26.7 Å². The highest BCUT2D eigenvalue weighted by atomic mass is 32.2. The first-order chi connectivity index (χ1) is 6.60. The van der Waals surface area contributed by atoms with Gasteiger partial charge in [0.05, 0.1) is 25.4 Å². The molecule has 0 bridgehead atoms. The SMILES string of the molecule is CCC(O)COS(=O)OCC(O)CC. The summed E-state index contributed by atoms with van der Waals surface area (Å²) in [6.45, 7) is 3.54. The first-order valence-corrected chi connectivity index (χ1v) is 5.64. The smallest absolute Gasteiger partial charge is 0.304 e. The zero-order valence-electron chi connectivity index (χ0n) is 8.51. The molecule has 0 saturated carbocycles. The Morgan fingerprint density at radius 1 is 1.07 bits per heavy atom. The minimum absolute atomic E-state index is 0.0225. The van der Waals surface area contributed by atoms with Gasteiger partial charge in [0.1, 0.15) is 0 Å². The molecule has 0 aromatic heterocycles. The lowest BCUT2D eigenvalue weighted by Gasteiger charge is -2.09. The van der Waals surface area contributed by atoms with E-state index in [0.29, 0.717) is 12.8 Å². The monoisotopic (exact) mass is 226 g/mol. The van der Waals surface area contributed by atoms with Crippen molar-refractivity contribution in [3.05, 3.63) is 0 Å². The van der Waals surface area contributed by atoms with Gasteiger partial charge in [-0.1, -0.05) is 13.8 Å². The van der Waals surface area contributed by atoms with Crippen LogP contribution in [0.15, 0.2) is 0 Å². The molecule has 2 atom stereocenters. The number of aliphatic hydroxyl groups is 2. The lowest BCUT2D eigenvalue weighted by Crippen LogP contribution is -2.19. The minimum atomic E-state index is -1.88. The Balaban J connectivity index is 3.46. The van der Waals surface area contributed by atoms with E-state index in [0.717, 1.165) is 0 Å². The van der Waals surface area contributed by atoms with Crippen LogP contribution in [0.4, 0.5) is 0 Å². The van der Waals surface area contributed by atoms with Crippen molar-refractivity contribution in [2.75, 3.05) is 13.2 Å². The second-order valence-electron chi connectivity index (χ2n) is 2.90. The summed E-state index contributed by atoms with van der Waals surface area (Å²) in [4.78, 5) is 0. The topological polar surface area (TPSA) is 76.0 Å². The standard InChI is InChI=1S/C8H18O5S/c1-3-7(9)5-12-14(11)13-6-8(10)4-2/h7-10H,3-6H2,1-2H3. The first kappa shape index (κ1) is 14.0. The Kier molecular flexibility index (Phi) is 8.30. The Hall–Kier alpha value is -0.0100. The minimum Gasteiger partial charge on any atom is -0.391 e. The molecule has 14 heavy (non-hydrogen) atoms. The van der Waals surface area contributed by atoms with Crippen LogP contribution in [-0.4, -0.2) is 39.8 Å². The highest BCUT2D eigenvalue weighted by Crippen LogP contribution is 1.98. The summed E-state index contributed by atoms with van der Waals surface area (Å²) in [5.41, 5.74) is 0. The van der Waals surface area contributed by atoms with E-state index in [1.165, 1.54) is 0 Å². The molecule has 86 valence electrons. The predicted octanol–water partition coefficient (Wildman–Crippen LogP) is 0.140. The van der Waals surface area contributed by atoms with E-state index >= 15 is 0 Å². The molecule has 0 radical (unpaired) electrons. The molecule has 2 unspecified atom stereocenters. The lowest BCUT2D eigenvalue weighted by molar-refractivity contribution is 0.0818. The lowest BCUT2D eigenvalue weighted by atomic mass is 10.3. The fraction of sp³-hybridized carbons (Fsp3) is 1.00. The molecule has 0 rings (SSSR count). The van der Waals surface area contributed by atoms with Gasteiger partial charge in [0.15, 0.2) is 0 Å². The van der Waals surface area contributed by atoms with Gasteiger partial charge in [-0.2, -0.15) is 4.21 Å². The molecule has 0 aliphatic rings. The fourth-order valence-corrected chi connectivity index (χ4v) is 1.14. The van der Waals surface area contributed by atoms with Gasteiger partial charge in [0.2, 0.25) is 0 Å². The van der Waals surface area contributed by atoms with Crippen molar-refractivity contribution in [3.8, 4) is 0 Å².